The van der Waals surface area contributed by atoms with Gasteiger partial charge in [-0.2, -0.15) is 0 Å². The van der Waals surface area contributed by atoms with Crippen LogP contribution in [0.2, 0.25) is 5.02 Å². The summed E-state index contributed by atoms with van der Waals surface area (Å²) < 4.78 is 5.23. The molecular formula is C13H16ClNO3. The molecule has 0 aromatic heterocycles. The Morgan fingerprint density at radius 2 is 2.17 bits per heavy atom. The summed E-state index contributed by atoms with van der Waals surface area (Å²) in [6.45, 7) is 3.83. The van der Waals surface area contributed by atoms with E-state index >= 15 is 0 Å². The molecule has 1 aromatic carbocycles. The Bertz CT molecular complexity index is 452. The summed E-state index contributed by atoms with van der Waals surface area (Å²) in [5.41, 5.74) is 0.630. The molecule has 0 bridgehead atoms. The number of carbonyl (C=O) groups is 1. The zero-order valence-corrected chi connectivity index (χ0v) is 11.1. The smallest absolute Gasteiger partial charge is 0.412 e. The van der Waals surface area contributed by atoms with Gasteiger partial charge in [0, 0.05) is 16.6 Å². The van der Waals surface area contributed by atoms with E-state index in [4.69, 9.17) is 16.3 Å². The lowest BCUT2D eigenvalue weighted by atomic mass is 10.1. The van der Waals surface area contributed by atoms with Crippen molar-refractivity contribution in [3.8, 4) is 0 Å². The monoisotopic (exact) mass is 269 g/mol. The molecule has 3 atom stereocenters. The predicted molar refractivity (Wildman–Crippen MR) is 68.3 cm³/mol. The number of ether oxygens (including phenoxy) is 1. The third-order valence-electron chi connectivity index (χ3n) is 3.27. The second-order valence-corrected chi connectivity index (χ2v) is 4.81. The molecule has 18 heavy (non-hydrogen) atoms. The quantitative estimate of drug-likeness (QED) is 0.918. The maximum Gasteiger partial charge on any atom is 0.412 e. The Kier molecular flexibility index (Phi) is 3.78. The molecule has 0 spiro atoms. The Morgan fingerprint density at radius 3 is 2.78 bits per heavy atom. The molecule has 0 aliphatic carbocycles. The lowest BCUT2D eigenvalue weighted by Gasteiger charge is -2.25. The molecule has 0 saturated carbocycles. The van der Waals surface area contributed by atoms with Gasteiger partial charge >= 0.3 is 6.09 Å². The average Bonchev–Trinajstić information content (AvgIpc) is 2.65. The summed E-state index contributed by atoms with van der Waals surface area (Å²) in [6.07, 6.45) is -1.46. The molecule has 2 rings (SSSR count). The van der Waals surface area contributed by atoms with Crippen LogP contribution in [-0.2, 0) is 4.74 Å². The van der Waals surface area contributed by atoms with E-state index in [1.807, 2.05) is 13.8 Å². The molecule has 5 heteroatoms. The molecule has 1 amide bonds. The number of halogens is 1. The molecule has 1 unspecified atom stereocenters. The Labute approximate surface area is 111 Å². The molecule has 4 nitrogen and oxygen atoms in total. The fraction of sp³-hybridized carbons (Fsp3) is 0.462. The van der Waals surface area contributed by atoms with Crippen LogP contribution in [0.25, 0.3) is 0 Å². The van der Waals surface area contributed by atoms with Gasteiger partial charge in [-0.05, 0) is 19.4 Å². The number of aliphatic hydroxyl groups is 1. The number of carbonyl (C=O) groups excluding carboxylic acids is 1. The molecule has 1 aliphatic rings. The Balaban J connectivity index is 2.28. The minimum Gasteiger partial charge on any atom is -0.436 e. The first kappa shape index (κ1) is 13.2. The lowest BCUT2D eigenvalue weighted by molar-refractivity contribution is -0.000140. The molecule has 1 heterocycles. The third kappa shape index (κ3) is 2.18. The van der Waals surface area contributed by atoms with E-state index < -0.39 is 18.4 Å². The van der Waals surface area contributed by atoms with Gasteiger partial charge in [-0.15, -0.1) is 0 Å². The van der Waals surface area contributed by atoms with Crippen LogP contribution in [0.4, 0.5) is 4.79 Å². The van der Waals surface area contributed by atoms with Gasteiger partial charge in [0.1, 0.15) is 0 Å². The number of cyclic esters (lactones) is 1. The molecule has 98 valence electrons. The first-order valence-electron chi connectivity index (χ1n) is 5.97. The van der Waals surface area contributed by atoms with Crippen molar-refractivity contribution in [3.05, 3.63) is 34.9 Å². The molecular weight excluding hydrogens is 254 g/mol. The molecule has 1 aromatic rings. The average molecular weight is 270 g/mol. The standard InChI is InChI=1S/C13H16ClNO3/c1-3-8(2)15-12(16)11(18-13(15)17)9-6-4-5-7-10(9)14/h4-8,11-12,16H,3H2,1-2H3/t8?,11-,12+/m1/s1. The number of rotatable bonds is 3. The van der Waals surface area contributed by atoms with Crippen LogP contribution in [0.1, 0.15) is 31.9 Å². The maximum atomic E-state index is 11.8. The van der Waals surface area contributed by atoms with Crippen molar-refractivity contribution in [3.63, 3.8) is 0 Å². The predicted octanol–water partition coefficient (Wildman–Crippen LogP) is 2.95. The van der Waals surface area contributed by atoms with Gasteiger partial charge in [-0.3, -0.25) is 4.90 Å². The fourth-order valence-electron chi connectivity index (χ4n) is 2.05. The van der Waals surface area contributed by atoms with Gasteiger partial charge in [0.2, 0.25) is 0 Å². The Hall–Kier alpha value is -1.26. The minimum absolute atomic E-state index is 0.0695. The SMILES string of the molecule is CCC(C)N1C(=O)O[C@H](c2ccccc2Cl)[C@@H]1O. The van der Waals surface area contributed by atoms with Crippen molar-refractivity contribution >= 4 is 17.7 Å². The number of aliphatic hydroxyl groups excluding tert-OH is 1. The van der Waals surface area contributed by atoms with Crippen molar-refractivity contribution in [1.82, 2.24) is 4.90 Å². The van der Waals surface area contributed by atoms with Gasteiger partial charge in [0.05, 0.1) is 0 Å². The van der Waals surface area contributed by atoms with Crippen LogP contribution in [0, 0.1) is 0 Å². The number of amides is 1. The number of hydrogen-bond acceptors (Lipinski definition) is 3. The van der Waals surface area contributed by atoms with E-state index in [1.54, 1.807) is 24.3 Å². The van der Waals surface area contributed by atoms with E-state index in [9.17, 15) is 9.90 Å². The van der Waals surface area contributed by atoms with E-state index in [0.29, 0.717) is 10.6 Å². The van der Waals surface area contributed by atoms with Crippen LogP contribution in [0.3, 0.4) is 0 Å². The summed E-state index contributed by atoms with van der Waals surface area (Å²) in [5.74, 6) is 0. The van der Waals surface area contributed by atoms with Crippen LogP contribution < -0.4 is 0 Å². The highest BCUT2D eigenvalue weighted by atomic mass is 35.5. The van der Waals surface area contributed by atoms with Crippen molar-refractivity contribution in [2.75, 3.05) is 0 Å². The number of hydrogen-bond donors (Lipinski definition) is 1. The first-order chi connectivity index (χ1) is 8.56. The van der Waals surface area contributed by atoms with Crippen molar-refractivity contribution in [1.29, 1.82) is 0 Å². The highest BCUT2D eigenvalue weighted by Gasteiger charge is 2.44. The van der Waals surface area contributed by atoms with Crippen molar-refractivity contribution in [2.24, 2.45) is 0 Å². The highest BCUT2D eigenvalue weighted by molar-refractivity contribution is 6.31. The van der Waals surface area contributed by atoms with E-state index in [-0.39, 0.29) is 6.04 Å². The van der Waals surface area contributed by atoms with Crippen LogP contribution in [-0.4, -0.2) is 28.4 Å². The summed E-state index contributed by atoms with van der Waals surface area (Å²) in [6, 6.07) is 6.99. The summed E-state index contributed by atoms with van der Waals surface area (Å²) in [4.78, 5) is 13.1. The zero-order valence-electron chi connectivity index (χ0n) is 10.3. The summed E-state index contributed by atoms with van der Waals surface area (Å²) in [7, 11) is 0. The summed E-state index contributed by atoms with van der Waals surface area (Å²) >= 11 is 6.06. The van der Waals surface area contributed by atoms with Gasteiger partial charge in [-0.1, -0.05) is 36.7 Å². The van der Waals surface area contributed by atoms with Gasteiger partial charge < -0.3 is 9.84 Å². The number of nitrogens with zero attached hydrogens (tertiary/aromatic N) is 1. The lowest BCUT2D eigenvalue weighted by Crippen LogP contribution is -2.40. The van der Waals surface area contributed by atoms with Crippen LogP contribution in [0.15, 0.2) is 24.3 Å². The van der Waals surface area contributed by atoms with Crippen molar-refractivity contribution < 1.29 is 14.6 Å². The normalized spacial score (nSPS) is 25.1. The number of benzene rings is 1. The maximum absolute atomic E-state index is 11.8. The molecule has 0 radical (unpaired) electrons. The largest absolute Gasteiger partial charge is 0.436 e. The molecule has 1 saturated heterocycles. The molecule has 1 aliphatic heterocycles. The first-order valence-corrected chi connectivity index (χ1v) is 6.35. The highest BCUT2D eigenvalue weighted by Crippen LogP contribution is 2.36. The minimum atomic E-state index is -0.993. The van der Waals surface area contributed by atoms with Crippen molar-refractivity contribution in [2.45, 2.75) is 38.6 Å². The third-order valence-corrected chi connectivity index (χ3v) is 3.62. The van der Waals surface area contributed by atoms with E-state index in [0.717, 1.165) is 6.42 Å². The topological polar surface area (TPSA) is 49.8 Å². The van der Waals surface area contributed by atoms with Crippen LogP contribution in [0.5, 0.6) is 0 Å². The Morgan fingerprint density at radius 1 is 1.50 bits per heavy atom. The van der Waals surface area contributed by atoms with Crippen LogP contribution >= 0.6 is 11.6 Å². The molecule has 1 fully saturated rings. The second-order valence-electron chi connectivity index (χ2n) is 4.40. The second kappa shape index (κ2) is 5.16. The molecule has 1 N–H and O–H groups in total. The zero-order chi connectivity index (χ0) is 13.3. The van der Waals surface area contributed by atoms with Gasteiger partial charge in [0.25, 0.3) is 0 Å². The fourth-order valence-corrected chi connectivity index (χ4v) is 2.29. The summed E-state index contributed by atoms with van der Waals surface area (Å²) in [5, 5.41) is 10.7. The van der Waals surface area contributed by atoms with Gasteiger partial charge in [-0.25, -0.2) is 4.79 Å². The van der Waals surface area contributed by atoms with Gasteiger partial charge in [0.15, 0.2) is 12.3 Å². The van der Waals surface area contributed by atoms with E-state index in [2.05, 4.69) is 0 Å². The van der Waals surface area contributed by atoms with E-state index in [1.165, 1.54) is 4.90 Å².